The van der Waals surface area contributed by atoms with Crippen molar-refractivity contribution in [1.82, 2.24) is 0 Å². The molecule has 102 valence electrons. The summed E-state index contributed by atoms with van der Waals surface area (Å²) >= 11 is 5.85. The van der Waals surface area contributed by atoms with E-state index in [4.69, 9.17) is 26.3 Å². The lowest BCUT2D eigenvalue weighted by Crippen LogP contribution is -2.00. The molecule has 5 heteroatoms. The molecular formula is C15H11ClFNO2. The average molecular weight is 292 g/mol. The highest BCUT2D eigenvalue weighted by Crippen LogP contribution is 2.24. The first-order valence-corrected chi connectivity index (χ1v) is 6.16. The summed E-state index contributed by atoms with van der Waals surface area (Å²) in [6, 6.07) is 11.2. The molecule has 0 fully saturated rings. The molecule has 3 nitrogen and oxygen atoms in total. The minimum atomic E-state index is -0.426. The summed E-state index contributed by atoms with van der Waals surface area (Å²) < 4.78 is 24.1. The van der Waals surface area contributed by atoms with Gasteiger partial charge in [-0.3, -0.25) is 0 Å². The van der Waals surface area contributed by atoms with Crippen molar-refractivity contribution in [1.29, 1.82) is 5.26 Å². The molecule has 0 unspecified atom stereocenters. The lowest BCUT2D eigenvalue weighted by atomic mass is 10.2. The number of benzene rings is 2. The van der Waals surface area contributed by atoms with Crippen LogP contribution in [0.5, 0.6) is 11.5 Å². The molecule has 2 aromatic rings. The molecule has 0 aliphatic heterocycles. The number of hydrogen-bond acceptors (Lipinski definition) is 3. The molecule has 0 atom stereocenters. The zero-order valence-electron chi connectivity index (χ0n) is 10.7. The lowest BCUT2D eigenvalue weighted by molar-refractivity contribution is 0.298. The molecule has 0 radical (unpaired) electrons. The molecule has 0 heterocycles. The quantitative estimate of drug-likeness (QED) is 0.857. The number of hydrogen-bond donors (Lipinski definition) is 0. The van der Waals surface area contributed by atoms with Crippen LogP contribution in [0.15, 0.2) is 36.4 Å². The van der Waals surface area contributed by atoms with E-state index in [0.717, 1.165) is 0 Å². The Balaban J connectivity index is 2.17. The maximum Gasteiger partial charge on any atom is 0.139 e. The zero-order chi connectivity index (χ0) is 14.5. The minimum Gasteiger partial charge on any atom is -0.497 e. The molecule has 0 amide bonds. The number of nitriles is 1. The third-order valence-electron chi connectivity index (χ3n) is 2.71. The van der Waals surface area contributed by atoms with E-state index >= 15 is 0 Å². The number of halogens is 2. The predicted molar refractivity (Wildman–Crippen MR) is 73.5 cm³/mol. The Bertz CT molecular complexity index is 667. The summed E-state index contributed by atoms with van der Waals surface area (Å²) in [5, 5.41) is 9.42. The molecule has 20 heavy (non-hydrogen) atoms. The fourth-order valence-corrected chi connectivity index (χ4v) is 1.80. The molecule has 2 aromatic carbocycles. The van der Waals surface area contributed by atoms with Gasteiger partial charge in [0.2, 0.25) is 0 Å². The summed E-state index contributed by atoms with van der Waals surface area (Å²) in [5.74, 6) is 0.340. The third-order valence-corrected chi connectivity index (χ3v) is 2.94. The van der Waals surface area contributed by atoms with Gasteiger partial charge in [0.15, 0.2) is 0 Å². The highest BCUT2D eigenvalue weighted by molar-refractivity contribution is 6.30. The smallest absolute Gasteiger partial charge is 0.139 e. The fourth-order valence-electron chi connectivity index (χ4n) is 1.64. The van der Waals surface area contributed by atoms with Crippen molar-refractivity contribution in [2.45, 2.75) is 6.61 Å². The summed E-state index contributed by atoms with van der Waals surface area (Å²) in [4.78, 5) is 0. The molecule has 0 spiro atoms. The first-order chi connectivity index (χ1) is 9.63. The molecule has 0 aromatic heterocycles. The molecule has 0 bridgehead atoms. The van der Waals surface area contributed by atoms with Gasteiger partial charge in [-0.1, -0.05) is 11.6 Å². The Morgan fingerprint density at radius 1 is 1.25 bits per heavy atom. The normalized spacial score (nSPS) is 9.90. The van der Waals surface area contributed by atoms with Crippen molar-refractivity contribution >= 4 is 11.6 Å². The van der Waals surface area contributed by atoms with Gasteiger partial charge >= 0.3 is 0 Å². The third kappa shape index (κ3) is 3.19. The first kappa shape index (κ1) is 14.2. The van der Waals surface area contributed by atoms with Gasteiger partial charge in [0.05, 0.1) is 12.7 Å². The number of rotatable bonds is 4. The topological polar surface area (TPSA) is 42.2 Å². The van der Waals surface area contributed by atoms with Crippen LogP contribution in [-0.4, -0.2) is 7.11 Å². The Kier molecular flexibility index (Phi) is 4.44. The minimum absolute atomic E-state index is 0.00481. The van der Waals surface area contributed by atoms with Crippen molar-refractivity contribution < 1.29 is 13.9 Å². The summed E-state index contributed by atoms with van der Waals surface area (Å²) in [6.07, 6.45) is 0. The van der Waals surface area contributed by atoms with Gasteiger partial charge in [-0.2, -0.15) is 5.26 Å². The molecule has 0 saturated heterocycles. The second-order valence-corrected chi connectivity index (χ2v) is 4.43. The summed E-state index contributed by atoms with van der Waals surface area (Å²) in [5.41, 5.74) is 0.720. The SMILES string of the molecule is COc1ccc(COc2cc(Cl)ccc2C#N)c(F)c1. The molecule has 2 rings (SSSR count). The Labute approximate surface area is 121 Å². The maximum absolute atomic E-state index is 13.8. The van der Waals surface area contributed by atoms with E-state index in [1.807, 2.05) is 6.07 Å². The van der Waals surface area contributed by atoms with E-state index in [0.29, 0.717) is 27.6 Å². The first-order valence-electron chi connectivity index (χ1n) is 5.79. The molecule has 0 aliphatic rings. The van der Waals surface area contributed by atoms with Gasteiger partial charge in [-0.15, -0.1) is 0 Å². The summed E-state index contributed by atoms with van der Waals surface area (Å²) in [6.45, 7) is 0.00481. The van der Waals surface area contributed by atoms with Gasteiger partial charge in [-0.05, 0) is 24.3 Å². The van der Waals surface area contributed by atoms with Gasteiger partial charge < -0.3 is 9.47 Å². The standard InChI is InChI=1S/C15H11ClFNO2/c1-19-13-5-3-11(14(17)7-13)9-20-15-6-12(16)4-2-10(15)8-18/h2-7H,9H2,1H3. The van der Waals surface area contributed by atoms with Crippen LogP contribution in [0.2, 0.25) is 5.02 Å². The van der Waals surface area contributed by atoms with Gasteiger partial charge in [-0.25, -0.2) is 4.39 Å². The summed E-state index contributed by atoms with van der Waals surface area (Å²) in [7, 11) is 1.47. The van der Waals surface area contributed by atoms with E-state index in [1.54, 1.807) is 24.3 Å². The van der Waals surface area contributed by atoms with Gasteiger partial charge in [0.1, 0.15) is 30.0 Å². The van der Waals surface area contributed by atoms with Crippen molar-refractivity contribution in [3.8, 4) is 17.6 Å². The van der Waals surface area contributed by atoms with Crippen LogP contribution < -0.4 is 9.47 Å². The van der Waals surface area contributed by atoms with Crippen molar-refractivity contribution in [3.63, 3.8) is 0 Å². The largest absolute Gasteiger partial charge is 0.497 e. The predicted octanol–water partition coefficient (Wildman–Crippen LogP) is 3.94. The fraction of sp³-hybridized carbons (Fsp3) is 0.133. The second kappa shape index (κ2) is 6.27. The van der Waals surface area contributed by atoms with Crippen molar-refractivity contribution in [3.05, 3.63) is 58.4 Å². The van der Waals surface area contributed by atoms with Crippen LogP contribution in [0, 0.1) is 17.1 Å². The van der Waals surface area contributed by atoms with Crippen LogP contribution in [-0.2, 0) is 6.61 Å². The van der Waals surface area contributed by atoms with Gasteiger partial charge in [0.25, 0.3) is 0 Å². The van der Waals surface area contributed by atoms with Crippen LogP contribution in [0.4, 0.5) is 4.39 Å². The maximum atomic E-state index is 13.8. The molecule has 0 N–H and O–H groups in total. The Morgan fingerprint density at radius 3 is 2.70 bits per heavy atom. The highest BCUT2D eigenvalue weighted by atomic mass is 35.5. The average Bonchev–Trinajstić information content (AvgIpc) is 2.46. The van der Waals surface area contributed by atoms with E-state index in [2.05, 4.69) is 0 Å². The highest BCUT2D eigenvalue weighted by Gasteiger charge is 2.08. The van der Waals surface area contributed by atoms with Crippen molar-refractivity contribution in [2.24, 2.45) is 0 Å². The van der Waals surface area contributed by atoms with Crippen LogP contribution in [0.25, 0.3) is 0 Å². The second-order valence-electron chi connectivity index (χ2n) is 4.00. The zero-order valence-corrected chi connectivity index (χ0v) is 11.4. The molecule has 0 saturated carbocycles. The number of methoxy groups -OCH3 is 1. The number of ether oxygens (including phenoxy) is 2. The number of nitrogens with zero attached hydrogens (tertiary/aromatic N) is 1. The molecule has 0 aliphatic carbocycles. The Morgan fingerprint density at radius 2 is 2.05 bits per heavy atom. The van der Waals surface area contributed by atoms with Crippen LogP contribution in [0.3, 0.4) is 0 Å². The van der Waals surface area contributed by atoms with Crippen LogP contribution in [0.1, 0.15) is 11.1 Å². The molecular weight excluding hydrogens is 281 g/mol. The van der Waals surface area contributed by atoms with E-state index < -0.39 is 5.82 Å². The Hall–Kier alpha value is -2.25. The van der Waals surface area contributed by atoms with E-state index in [1.165, 1.54) is 19.2 Å². The van der Waals surface area contributed by atoms with E-state index in [-0.39, 0.29) is 6.61 Å². The van der Waals surface area contributed by atoms with Gasteiger partial charge in [0, 0.05) is 22.7 Å². The van der Waals surface area contributed by atoms with Crippen LogP contribution >= 0.6 is 11.6 Å². The van der Waals surface area contributed by atoms with E-state index in [9.17, 15) is 4.39 Å². The lowest BCUT2D eigenvalue weighted by Gasteiger charge is -2.09. The van der Waals surface area contributed by atoms with Crippen molar-refractivity contribution in [2.75, 3.05) is 7.11 Å². The monoisotopic (exact) mass is 291 g/mol.